The van der Waals surface area contributed by atoms with Crippen molar-refractivity contribution in [2.24, 2.45) is 14.1 Å². The molecule has 1 N–H and O–H groups in total. The minimum atomic E-state index is -0.193. The number of pyridine rings is 2. The Labute approximate surface area is 241 Å². The Morgan fingerprint density at radius 1 is 1.02 bits per heavy atom. The van der Waals surface area contributed by atoms with Gasteiger partial charge in [-0.25, -0.2) is 9.97 Å². The predicted octanol–water partition coefficient (Wildman–Crippen LogP) is 5.62. The molecule has 0 fully saturated rings. The molecule has 0 saturated carbocycles. The molecule has 0 saturated heterocycles. The van der Waals surface area contributed by atoms with Crippen molar-refractivity contribution >= 4 is 39.8 Å². The minimum Gasteiger partial charge on any atom is -0.362 e. The summed E-state index contributed by atoms with van der Waals surface area (Å²) in [4.78, 5) is 38.9. The normalized spacial score (nSPS) is 12.3. The zero-order valence-electron chi connectivity index (χ0n) is 23.3. The lowest BCUT2D eigenvalue weighted by molar-refractivity contribution is 0.403. The van der Waals surface area contributed by atoms with E-state index in [1.165, 1.54) is 20.8 Å². The Kier molecular flexibility index (Phi) is 7.63. The maximum atomic E-state index is 13.3. The first-order valence-corrected chi connectivity index (χ1v) is 14.1. The van der Waals surface area contributed by atoms with Crippen LogP contribution in [0, 0.1) is 6.92 Å². The van der Waals surface area contributed by atoms with Crippen molar-refractivity contribution in [2.45, 2.75) is 26.4 Å². The summed E-state index contributed by atoms with van der Waals surface area (Å²) in [6.07, 6.45) is 1.67. The molecule has 40 heavy (non-hydrogen) atoms. The zero-order valence-corrected chi connectivity index (χ0v) is 24.9. The van der Waals surface area contributed by atoms with Gasteiger partial charge in [0.15, 0.2) is 0 Å². The largest absolute Gasteiger partial charge is 0.362 e. The number of anilines is 1. The van der Waals surface area contributed by atoms with Gasteiger partial charge in [0.25, 0.3) is 5.56 Å². The molecule has 0 aliphatic carbocycles. The molecule has 4 heterocycles. The van der Waals surface area contributed by atoms with Gasteiger partial charge < -0.3 is 14.8 Å². The second-order valence-corrected chi connectivity index (χ2v) is 11.8. The number of aromatic nitrogens is 4. The molecule has 8 nitrogen and oxygen atoms in total. The number of hydrogen-bond donors (Lipinski definition) is 1. The van der Waals surface area contributed by atoms with Gasteiger partial charge in [-0.1, -0.05) is 17.7 Å². The molecule has 206 valence electrons. The van der Waals surface area contributed by atoms with Gasteiger partial charge in [0.05, 0.1) is 11.4 Å². The Balaban J connectivity index is 1.54. The SMILES string of the molecule is Cc1nc(N[C@H](C)c2ccc(-c3cc(Cl)ccc3CN(C)C)s2)c2cc(-c3ccc(=O)n(C)c3)c(=O)n(C)c2n1. The van der Waals surface area contributed by atoms with Crippen LogP contribution in [-0.2, 0) is 20.6 Å². The van der Waals surface area contributed by atoms with Crippen molar-refractivity contribution in [1.29, 1.82) is 0 Å². The summed E-state index contributed by atoms with van der Waals surface area (Å²) < 4.78 is 3.00. The van der Waals surface area contributed by atoms with E-state index in [4.69, 9.17) is 16.6 Å². The minimum absolute atomic E-state index is 0.0639. The predicted molar refractivity (Wildman–Crippen MR) is 164 cm³/mol. The number of halogens is 1. The van der Waals surface area contributed by atoms with E-state index in [1.54, 1.807) is 37.7 Å². The van der Waals surface area contributed by atoms with Crippen LogP contribution in [0.3, 0.4) is 0 Å². The third kappa shape index (κ3) is 5.45. The summed E-state index contributed by atoms with van der Waals surface area (Å²) in [7, 11) is 7.48. The van der Waals surface area contributed by atoms with E-state index in [0.717, 1.165) is 27.2 Å². The highest BCUT2D eigenvalue weighted by atomic mass is 35.5. The van der Waals surface area contributed by atoms with Crippen molar-refractivity contribution in [2.75, 3.05) is 19.4 Å². The van der Waals surface area contributed by atoms with E-state index in [9.17, 15) is 9.59 Å². The number of rotatable bonds is 7. The van der Waals surface area contributed by atoms with Crippen LogP contribution in [0.1, 0.15) is 29.2 Å². The molecule has 1 atom stereocenters. The average molecular weight is 575 g/mol. The number of thiophene rings is 1. The van der Waals surface area contributed by atoms with Crippen molar-refractivity contribution < 1.29 is 0 Å². The van der Waals surface area contributed by atoms with E-state index in [1.807, 2.05) is 25.1 Å². The number of nitrogens with one attached hydrogen (secondary N) is 1. The monoisotopic (exact) mass is 574 g/mol. The fourth-order valence-corrected chi connectivity index (χ4v) is 6.01. The van der Waals surface area contributed by atoms with Gasteiger partial charge in [0.1, 0.15) is 17.3 Å². The lowest BCUT2D eigenvalue weighted by atomic mass is 10.1. The summed E-state index contributed by atoms with van der Waals surface area (Å²) in [5, 5.41) is 5.00. The molecule has 0 aliphatic heterocycles. The first-order valence-electron chi connectivity index (χ1n) is 12.9. The highest BCUT2D eigenvalue weighted by Crippen LogP contribution is 2.37. The van der Waals surface area contributed by atoms with Crippen LogP contribution in [0.25, 0.3) is 32.6 Å². The summed E-state index contributed by atoms with van der Waals surface area (Å²) in [6.45, 7) is 4.72. The van der Waals surface area contributed by atoms with E-state index >= 15 is 0 Å². The molecule has 0 unspecified atom stereocenters. The Bertz CT molecular complexity index is 1860. The van der Waals surface area contributed by atoms with Crippen molar-refractivity contribution in [3.05, 3.63) is 96.7 Å². The van der Waals surface area contributed by atoms with Crippen LogP contribution in [0.4, 0.5) is 5.82 Å². The van der Waals surface area contributed by atoms with Gasteiger partial charge in [-0.2, -0.15) is 0 Å². The number of hydrogen-bond acceptors (Lipinski definition) is 7. The smallest absolute Gasteiger partial charge is 0.259 e. The van der Waals surface area contributed by atoms with Gasteiger partial charge in [-0.3, -0.25) is 14.2 Å². The van der Waals surface area contributed by atoms with Gasteiger partial charge in [-0.05, 0) is 75.5 Å². The van der Waals surface area contributed by atoms with Crippen molar-refractivity contribution in [3.63, 3.8) is 0 Å². The molecule has 5 aromatic rings. The Morgan fingerprint density at radius 3 is 2.52 bits per heavy atom. The molecule has 5 rings (SSSR count). The first-order chi connectivity index (χ1) is 19.0. The molecule has 0 aliphatic rings. The molecule has 1 aromatic carbocycles. The standard InChI is InChI=1S/C30H31ClN6O2S/c1-17(25-10-11-26(40-25)22-13-21(31)9-7-19(22)15-35(3)4)32-28-24-14-23(20-8-12-27(38)36(5)16-20)30(39)37(6)29(24)34-18(2)33-28/h7-14,16-17H,15H2,1-6H3,(H,32,33,34)/t17-/m1/s1. The lowest BCUT2D eigenvalue weighted by Crippen LogP contribution is -2.22. The maximum Gasteiger partial charge on any atom is 0.259 e. The van der Waals surface area contributed by atoms with Gasteiger partial charge in [0.2, 0.25) is 5.56 Å². The second-order valence-electron chi connectivity index (χ2n) is 10.3. The molecule has 0 bridgehead atoms. The highest BCUT2D eigenvalue weighted by Gasteiger charge is 2.18. The van der Waals surface area contributed by atoms with Gasteiger partial charge >= 0.3 is 0 Å². The van der Waals surface area contributed by atoms with Gasteiger partial charge in [-0.15, -0.1) is 11.3 Å². The molecule has 10 heteroatoms. The maximum absolute atomic E-state index is 13.3. The number of benzene rings is 1. The molecule has 0 amide bonds. The van der Waals surface area contributed by atoms with Crippen molar-refractivity contribution in [3.8, 4) is 21.6 Å². The third-order valence-electron chi connectivity index (χ3n) is 6.81. The fraction of sp³-hybridized carbons (Fsp3) is 0.267. The topological polar surface area (TPSA) is 85.0 Å². The number of aryl methyl sites for hydroxylation is 3. The van der Waals surface area contributed by atoms with Crippen LogP contribution in [0.15, 0.2) is 64.3 Å². The quantitative estimate of drug-likeness (QED) is 0.272. The Morgan fingerprint density at radius 2 is 1.80 bits per heavy atom. The fourth-order valence-electron chi connectivity index (χ4n) is 4.77. The third-order valence-corrected chi connectivity index (χ3v) is 8.34. The summed E-state index contributed by atoms with van der Waals surface area (Å²) in [5.74, 6) is 1.20. The molecule has 0 spiro atoms. The average Bonchev–Trinajstić information content (AvgIpc) is 3.39. The summed E-state index contributed by atoms with van der Waals surface area (Å²) in [6, 6.07) is 15.2. The van der Waals surface area contributed by atoms with E-state index in [0.29, 0.717) is 33.4 Å². The molecular formula is C30H31ClN6O2S. The summed E-state index contributed by atoms with van der Waals surface area (Å²) >= 11 is 8.08. The molecule has 4 aromatic heterocycles. The van der Waals surface area contributed by atoms with E-state index in [2.05, 4.69) is 54.4 Å². The van der Waals surface area contributed by atoms with Crippen LogP contribution in [-0.4, -0.2) is 38.1 Å². The highest BCUT2D eigenvalue weighted by molar-refractivity contribution is 7.15. The van der Waals surface area contributed by atoms with Crippen LogP contribution in [0.5, 0.6) is 0 Å². The Hall–Kier alpha value is -3.79. The zero-order chi connectivity index (χ0) is 28.7. The number of nitrogens with zero attached hydrogens (tertiary/aromatic N) is 5. The lowest BCUT2D eigenvalue weighted by Gasteiger charge is -2.17. The van der Waals surface area contributed by atoms with Gasteiger partial charge in [0, 0.05) is 58.8 Å². The van der Waals surface area contributed by atoms with Crippen LogP contribution >= 0.6 is 22.9 Å². The van der Waals surface area contributed by atoms with E-state index < -0.39 is 0 Å². The molecular weight excluding hydrogens is 544 g/mol. The van der Waals surface area contributed by atoms with Crippen molar-refractivity contribution in [1.82, 2.24) is 24.0 Å². The first kappa shape index (κ1) is 27.8. The molecule has 0 radical (unpaired) electrons. The second kappa shape index (κ2) is 11.0. The van der Waals surface area contributed by atoms with Crippen LogP contribution in [0.2, 0.25) is 5.02 Å². The number of fused-ring (bicyclic) bond motifs is 1. The van der Waals surface area contributed by atoms with E-state index in [-0.39, 0.29) is 17.2 Å². The van der Waals surface area contributed by atoms with Crippen LogP contribution < -0.4 is 16.4 Å². The summed E-state index contributed by atoms with van der Waals surface area (Å²) in [5.41, 5.74) is 3.68.